The van der Waals surface area contributed by atoms with Crippen molar-refractivity contribution in [2.24, 2.45) is 11.7 Å². The van der Waals surface area contributed by atoms with E-state index in [2.05, 4.69) is 5.32 Å². The van der Waals surface area contributed by atoms with Gasteiger partial charge in [0.05, 0.1) is 5.92 Å². The summed E-state index contributed by atoms with van der Waals surface area (Å²) >= 11 is 0. The molecule has 1 aliphatic heterocycles. The van der Waals surface area contributed by atoms with Crippen LogP contribution in [0.1, 0.15) is 37.8 Å². The zero-order valence-electron chi connectivity index (χ0n) is 13.3. The van der Waals surface area contributed by atoms with Gasteiger partial charge in [-0.1, -0.05) is 37.3 Å². The molecular formula is C17H25N3O2. The van der Waals surface area contributed by atoms with Gasteiger partial charge in [-0.15, -0.1) is 0 Å². The minimum atomic E-state index is -0.364. The molecule has 0 saturated carbocycles. The molecule has 120 valence electrons. The third kappa shape index (κ3) is 3.47. The molecule has 22 heavy (non-hydrogen) atoms. The fraction of sp³-hybridized carbons (Fsp3) is 0.529. The fourth-order valence-corrected chi connectivity index (χ4v) is 3.01. The summed E-state index contributed by atoms with van der Waals surface area (Å²) in [7, 11) is 1.61. The number of nitrogens with two attached hydrogens (primary N) is 1. The van der Waals surface area contributed by atoms with Crippen LogP contribution in [0.4, 0.5) is 0 Å². The number of likely N-dealkylation sites (tertiary alicyclic amines) is 1. The minimum absolute atomic E-state index is 0.0374. The largest absolute Gasteiger partial charge is 0.357 e. The van der Waals surface area contributed by atoms with Gasteiger partial charge >= 0.3 is 0 Å². The maximum atomic E-state index is 12.8. The van der Waals surface area contributed by atoms with E-state index in [1.165, 1.54) is 0 Å². The van der Waals surface area contributed by atoms with Crippen LogP contribution >= 0.6 is 0 Å². The summed E-state index contributed by atoms with van der Waals surface area (Å²) in [6.07, 6.45) is 2.63. The van der Waals surface area contributed by atoms with Crippen LogP contribution in [0.2, 0.25) is 0 Å². The zero-order valence-corrected chi connectivity index (χ0v) is 13.3. The van der Waals surface area contributed by atoms with E-state index < -0.39 is 0 Å². The number of benzene rings is 1. The molecule has 1 aromatic carbocycles. The molecule has 5 heteroatoms. The number of piperidine rings is 1. The van der Waals surface area contributed by atoms with Crippen LogP contribution in [0, 0.1) is 5.92 Å². The smallest absolute Gasteiger partial charge is 0.242 e. The molecule has 3 N–H and O–H groups in total. The minimum Gasteiger partial charge on any atom is -0.357 e. The van der Waals surface area contributed by atoms with Crippen molar-refractivity contribution in [2.45, 2.75) is 38.3 Å². The van der Waals surface area contributed by atoms with E-state index in [0.29, 0.717) is 6.54 Å². The highest BCUT2D eigenvalue weighted by Crippen LogP contribution is 2.25. The summed E-state index contributed by atoms with van der Waals surface area (Å²) < 4.78 is 0. The molecule has 5 nitrogen and oxygen atoms in total. The van der Waals surface area contributed by atoms with Crippen molar-refractivity contribution in [3.05, 3.63) is 35.9 Å². The van der Waals surface area contributed by atoms with E-state index in [1.807, 2.05) is 37.3 Å². The van der Waals surface area contributed by atoms with E-state index in [-0.39, 0.29) is 29.8 Å². The van der Waals surface area contributed by atoms with Crippen molar-refractivity contribution in [2.75, 3.05) is 13.6 Å². The predicted octanol–water partition coefficient (Wildman–Crippen LogP) is 1.45. The maximum Gasteiger partial charge on any atom is 0.242 e. The van der Waals surface area contributed by atoms with Crippen molar-refractivity contribution >= 4 is 11.8 Å². The number of rotatable bonds is 4. The van der Waals surface area contributed by atoms with Gasteiger partial charge in [-0.05, 0) is 24.8 Å². The van der Waals surface area contributed by atoms with Crippen molar-refractivity contribution in [3.8, 4) is 0 Å². The molecule has 0 radical (unpaired) electrons. The number of nitrogens with zero attached hydrogens (tertiary/aromatic N) is 1. The summed E-state index contributed by atoms with van der Waals surface area (Å²) in [5.41, 5.74) is 7.19. The molecule has 3 atom stereocenters. The van der Waals surface area contributed by atoms with Gasteiger partial charge < -0.3 is 16.0 Å². The van der Waals surface area contributed by atoms with Gasteiger partial charge in [-0.25, -0.2) is 0 Å². The Labute approximate surface area is 131 Å². The zero-order chi connectivity index (χ0) is 16.1. The van der Waals surface area contributed by atoms with Crippen molar-refractivity contribution < 1.29 is 9.59 Å². The van der Waals surface area contributed by atoms with E-state index in [9.17, 15) is 9.59 Å². The molecule has 1 heterocycles. The van der Waals surface area contributed by atoms with Crippen molar-refractivity contribution in [1.82, 2.24) is 10.2 Å². The van der Waals surface area contributed by atoms with Gasteiger partial charge in [0.1, 0.15) is 6.04 Å². The molecule has 3 unspecified atom stereocenters. The topological polar surface area (TPSA) is 75.4 Å². The molecule has 0 spiro atoms. The Morgan fingerprint density at radius 2 is 1.95 bits per heavy atom. The molecule has 1 aliphatic rings. The second-order valence-corrected chi connectivity index (χ2v) is 5.88. The lowest BCUT2D eigenvalue weighted by Crippen LogP contribution is -2.53. The Bertz CT molecular complexity index is 518. The van der Waals surface area contributed by atoms with Gasteiger partial charge in [-0.2, -0.15) is 0 Å². The molecule has 1 fully saturated rings. The van der Waals surface area contributed by atoms with Crippen LogP contribution in [-0.2, 0) is 9.59 Å². The van der Waals surface area contributed by atoms with E-state index in [1.54, 1.807) is 11.9 Å². The average molecular weight is 303 g/mol. The summed E-state index contributed by atoms with van der Waals surface area (Å²) in [6.45, 7) is 2.47. The van der Waals surface area contributed by atoms with E-state index in [4.69, 9.17) is 5.73 Å². The maximum absolute atomic E-state index is 12.8. The van der Waals surface area contributed by atoms with Crippen LogP contribution in [0.3, 0.4) is 0 Å². The van der Waals surface area contributed by atoms with Crippen LogP contribution in [0.5, 0.6) is 0 Å². The Morgan fingerprint density at radius 3 is 2.59 bits per heavy atom. The molecule has 0 bridgehead atoms. The van der Waals surface area contributed by atoms with E-state index in [0.717, 1.165) is 24.8 Å². The van der Waals surface area contributed by atoms with Gasteiger partial charge in [0, 0.05) is 19.6 Å². The average Bonchev–Trinajstić information content (AvgIpc) is 2.59. The summed E-state index contributed by atoms with van der Waals surface area (Å²) in [6, 6.07) is 8.90. The van der Waals surface area contributed by atoms with Gasteiger partial charge in [0.2, 0.25) is 11.8 Å². The number of amides is 2. The van der Waals surface area contributed by atoms with Gasteiger partial charge in [0.15, 0.2) is 0 Å². The van der Waals surface area contributed by atoms with Crippen LogP contribution in [-0.4, -0.2) is 36.3 Å². The second-order valence-electron chi connectivity index (χ2n) is 5.88. The standard InChI is InChI=1S/C17H25N3O2/c1-12(15(18)13-8-4-3-5-9-13)17(22)20-11-7-6-10-14(20)16(21)19-2/h3-5,8-9,12,14-15H,6-7,10-11,18H2,1-2H3,(H,19,21). The lowest BCUT2D eigenvalue weighted by molar-refractivity contribution is -0.145. The molecule has 2 amide bonds. The molecular weight excluding hydrogens is 278 g/mol. The Balaban J connectivity index is 2.12. The highest BCUT2D eigenvalue weighted by Gasteiger charge is 2.35. The van der Waals surface area contributed by atoms with Crippen LogP contribution < -0.4 is 11.1 Å². The second kappa shape index (κ2) is 7.40. The third-order valence-electron chi connectivity index (χ3n) is 4.45. The molecule has 0 aliphatic carbocycles. The summed E-state index contributed by atoms with van der Waals surface area (Å²) in [5.74, 6) is -0.481. The Morgan fingerprint density at radius 1 is 1.27 bits per heavy atom. The first-order chi connectivity index (χ1) is 10.6. The quantitative estimate of drug-likeness (QED) is 0.884. The number of nitrogens with one attached hydrogen (secondary N) is 1. The number of carbonyl (C=O) groups is 2. The molecule has 1 aromatic rings. The first-order valence-corrected chi connectivity index (χ1v) is 7.89. The first kappa shape index (κ1) is 16.5. The third-order valence-corrected chi connectivity index (χ3v) is 4.45. The molecule has 2 rings (SSSR count). The van der Waals surface area contributed by atoms with Crippen LogP contribution in [0.25, 0.3) is 0 Å². The van der Waals surface area contributed by atoms with Gasteiger partial charge in [-0.3, -0.25) is 9.59 Å². The highest BCUT2D eigenvalue weighted by atomic mass is 16.2. The van der Waals surface area contributed by atoms with Crippen LogP contribution in [0.15, 0.2) is 30.3 Å². The van der Waals surface area contributed by atoms with Crippen molar-refractivity contribution in [3.63, 3.8) is 0 Å². The summed E-state index contributed by atoms with van der Waals surface area (Å²) in [4.78, 5) is 26.5. The first-order valence-electron chi connectivity index (χ1n) is 7.89. The number of hydrogen-bond donors (Lipinski definition) is 2. The molecule has 0 aromatic heterocycles. The number of likely N-dealkylation sites (N-methyl/N-ethyl adjacent to an activating group) is 1. The number of carbonyl (C=O) groups excluding carboxylic acids is 2. The highest BCUT2D eigenvalue weighted by molar-refractivity contribution is 5.88. The lowest BCUT2D eigenvalue weighted by Gasteiger charge is -2.37. The monoisotopic (exact) mass is 303 g/mol. The number of hydrogen-bond acceptors (Lipinski definition) is 3. The lowest BCUT2D eigenvalue weighted by atomic mass is 9.92. The predicted molar refractivity (Wildman–Crippen MR) is 86.0 cm³/mol. The summed E-state index contributed by atoms with van der Waals surface area (Å²) in [5, 5.41) is 2.66. The van der Waals surface area contributed by atoms with E-state index >= 15 is 0 Å². The molecule has 1 saturated heterocycles. The van der Waals surface area contributed by atoms with Crippen molar-refractivity contribution in [1.29, 1.82) is 0 Å². The fourth-order valence-electron chi connectivity index (χ4n) is 3.01. The SMILES string of the molecule is CNC(=O)C1CCCCN1C(=O)C(C)C(N)c1ccccc1. The normalized spacial score (nSPS) is 21.0. The Kier molecular flexibility index (Phi) is 5.55. The Hall–Kier alpha value is -1.88. The van der Waals surface area contributed by atoms with Gasteiger partial charge in [0.25, 0.3) is 0 Å².